The van der Waals surface area contributed by atoms with Gasteiger partial charge in [-0.2, -0.15) is 0 Å². The van der Waals surface area contributed by atoms with Crippen molar-refractivity contribution >= 4 is 5.57 Å². The highest BCUT2D eigenvalue weighted by molar-refractivity contribution is 5.75. The first kappa shape index (κ1) is 15.9. The van der Waals surface area contributed by atoms with Crippen LogP contribution < -0.4 is 0 Å². The topological polar surface area (TPSA) is 25.8 Å². The van der Waals surface area contributed by atoms with E-state index in [0.717, 1.165) is 39.5 Å². The van der Waals surface area contributed by atoms with E-state index in [-0.39, 0.29) is 0 Å². The van der Waals surface area contributed by atoms with Crippen LogP contribution in [0.3, 0.4) is 0 Å². The van der Waals surface area contributed by atoms with Crippen LogP contribution in [0.25, 0.3) is 28.2 Å². The monoisotopic (exact) mass is 312 g/mol. The summed E-state index contributed by atoms with van der Waals surface area (Å²) in [5.74, 6) is 0.751. The van der Waals surface area contributed by atoms with E-state index >= 15 is 0 Å². The Morgan fingerprint density at radius 2 is 1.62 bits per heavy atom. The van der Waals surface area contributed by atoms with Crippen LogP contribution in [0.4, 0.5) is 0 Å². The molecule has 3 aromatic rings. The summed E-state index contributed by atoms with van der Waals surface area (Å²) < 4.78 is 0. The zero-order valence-electron chi connectivity index (χ0n) is 14.0. The number of aryl methyl sites for hydroxylation is 1. The quantitative estimate of drug-likeness (QED) is 0.577. The molecule has 0 aliphatic carbocycles. The Balaban J connectivity index is 2.01. The van der Waals surface area contributed by atoms with Crippen molar-refractivity contribution in [2.75, 3.05) is 0 Å². The standard InChI is InChI=1S/C22H20N2/c1-4-17(5-2)18-11-13-20(14-12-18)22-23-16(3)15-21(24-22)19-9-7-6-8-10-19/h4-15H,1H2,2-3H3/b17-5+. The molecule has 118 valence electrons. The highest BCUT2D eigenvalue weighted by Crippen LogP contribution is 2.24. The summed E-state index contributed by atoms with van der Waals surface area (Å²) in [6.45, 7) is 7.87. The lowest BCUT2D eigenvalue weighted by molar-refractivity contribution is 1.11. The fourth-order valence-electron chi connectivity index (χ4n) is 2.67. The molecule has 2 aromatic carbocycles. The Kier molecular flexibility index (Phi) is 4.66. The molecule has 0 atom stereocenters. The second-order valence-corrected chi connectivity index (χ2v) is 5.61. The maximum atomic E-state index is 4.74. The van der Waals surface area contributed by atoms with Crippen molar-refractivity contribution < 1.29 is 0 Å². The Hall–Kier alpha value is -3.00. The minimum absolute atomic E-state index is 0.751. The molecule has 0 unspecified atom stereocenters. The van der Waals surface area contributed by atoms with E-state index in [1.54, 1.807) is 0 Å². The smallest absolute Gasteiger partial charge is 0.160 e. The molecular formula is C22H20N2. The molecule has 0 radical (unpaired) electrons. The second kappa shape index (κ2) is 7.05. The van der Waals surface area contributed by atoms with Crippen LogP contribution in [-0.2, 0) is 0 Å². The molecule has 0 fully saturated rings. The Labute approximate surface area is 143 Å². The number of hydrogen-bond acceptors (Lipinski definition) is 2. The third-order valence-electron chi connectivity index (χ3n) is 3.93. The Morgan fingerprint density at radius 3 is 2.25 bits per heavy atom. The normalized spacial score (nSPS) is 11.3. The average molecular weight is 312 g/mol. The summed E-state index contributed by atoms with van der Waals surface area (Å²) >= 11 is 0. The highest BCUT2D eigenvalue weighted by Gasteiger charge is 2.07. The van der Waals surface area contributed by atoms with E-state index < -0.39 is 0 Å². The largest absolute Gasteiger partial charge is 0.233 e. The first-order valence-corrected chi connectivity index (χ1v) is 8.02. The number of rotatable bonds is 4. The van der Waals surface area contributed by atoms with Crippen LogP contribution in [0, 0.1) is 6.92 Å². The van der Waals surface area contributed by atoms with Crippen molar-refractivity contribution in [1.29, 1.82) is 0 Å². The van der Waals surface area contributed by atoms with Gasteiger partial charge in [-0.25, -0.2) is 9.97 Å². The van der Waals surface area contributed by atoms with Gasteiger partial charge in [0.25, 0.3) is 0 Å². The van der Waals surface area contributed by atoms with Crippen molar-refractivity contribution in [2.45, 2.75) is 13.8 Å². The van der Waals surface area contributed by atoms with E-state index in [0.29, 0.717) is 0 Å². The van der Waals surface area contributed by atoms with Gasteiger partial charge in [-0.15, -0.1) is 0 Å². The van der Waals surface area contributed by atoms with E-state index in [2.05, 4.69) is 54.0 Å². The van der Waals surface area contributed by atoms with Crippen molar-refractivity contribution in [3.63, 3.8) is 0 Å². The number of nitrogens with zero attached hydrogens (tertiary/aromatic N) is 2. The van der Waals surface area contributed by atoms with Gasteiger partial charge in [0, 0.05) is 16.8 Å². The van der Waals surface area contributed by atoms with Gasteiger partial charge in [0.2, 0.25) is 0 Å². The lowest BCUT2D eigenvalue weighted by Gasteiger charge is -2.08. The van der Waals surface area contributed by atoms with Gasteiger partial charge >= 0.3 is 0 Å². The second-order valence-electron chi connectivity index (χ2n) is 5.61. The number of hydrogen-bond donors (Lipinski definition) is 0. The maximum absolute atomic E-state index is 4.74. The predicted molar refractivity (Wildman–Crippen MR) is 101 cm³/mol. The summed E-state index contributed by atoms with van der Waals surface area (Å²) in [6.07, 6.45) is 3.92. The lowest BCUT2D eigenvalue weighted by atomic mass is 10.0. The first-order valence-electron chi connectivity index (χ1n) is 8.02. The third kappa shape index (κ3) is 3.33. The third-order valence-corrected chi connectivity index (χ3v) is 3.93. The molecule has 2 heteroatoms. The van der Waals surface area contributed by atoms with Crippen molar-refractivity contribution in [3.8, 4) is 22.6 Å². The molecule has 24 heavy (non-hydrogen) atoms. The van der Waals surface area contributed by atoms with Gasteiger partial charge in [-0.05, 0) is 31.1 Å². The van der Waals surface area contributed by atoms with Gasteiger partial charge in [0.1, 0.15) is 0 Å². The van der Waals surface area contributed by atoms with Gasteiger partial charge < -0.3 is 0 Å². The fraction of sp³-hybridized carbons (Fsp3) is 0.0909. The van der Waals surface area contributed by atoms with Crippen molar-refractivity contribution in [3.05, 3.63) is 90.7 Å². The molecular weight excluding hydrogens is 292 g/mol. The van der Waals surface area contributed by atoms with E-state index in [4.69, 9.17) is 4.98 Å². The molecule has 0 amide bonds. The number of aromatic nitrogens is 2. The molecule has 0 aliphatic heterocycles. The number of benzene rings is 2. The molecule has 1 aromatic heterocycles. The minimum atomic E-state index is 0.751. The van der Waals surface area contributed by atoms with Gasteiger partial charge in [-0.3, -0.25) is 0 Å². The van der Waals surface area contributed by atoms with Crippen LogP contribution >= 0.6 is 0 Å². The van der Waals surface area contributed by atoms with Crippen LogP contribution in [0.15, 0.2) is 79.4 Å². The van der Waals surface area contributed by atoms with Crippen LogP contribution in [0.2, 0.25) is 0 Å². The summed E-state index contributed by atoms with van der Waals surface area (Å²) in [5, 5.41) is 0. The van der Waals surface area contributed by atoms with E-state index in [1.165, 1.54) is 0 Å². The summed E-state index contributed by atoms with van der Waals surface area (Å²) in [6, 6.07) is 20.5. The Bertz CT molecular complexity index is 876. The molecule has 0 bridgehead atoms. The molecule has 3 rings (SSSR count). The molecule has 0 saturated carbocycles. The summed E-state index contributed by atoms with van der Waals surface area (Å²) in [4.78, 5) is 9.34. The predicted octanol–water partition coefficient (Wildman–Crippen LogP) is 5.71. The number of allylic oxidation sites excluding steroid dienone is 3. The molecule has 0 spiro atoms. The molecule has 1 heterocycles. The molecule has 0 saturated heterocycles. The van der Waals surface area contributed by atoms with Gasteiger partial charge in [-0.1, -0.05) is 73.3 Å². The Morgan fingerprint density at radius 1 is 0.917 bits per heavy atom. The lowest BCUT2D eigenvalue weighted by Crippen LogP contribution is -1.95. The van der Waals surface area contributed by atoms with Crippen LogP contribution in [-0.4, -0.2) is 9.97 Å². The average Bonchev–Trinajstić information content (AvgIpc) is 2.63. The fourth-order valence-corrected chi connectivity index (χ4v) is 2.67. The molecule has 0 N–H and O–H groups in total. The van der Waals surface area contributed by atoms with Crippen LogP contribution in [0.5, 0.6) is 0 Å². The maximum Gasteiger partial charge on any atom is 0.160 e. The zero-order valence-corrected chi connectivity index (χ0v) is 14.0. The molecule has 0 aliphatic rings. The zero-order chi connectivity index (χ0) is 16.9. The van der Waals surface area contributed by atoms with Crippen molar-refractivity contribution in [1.82, 2.24) is 9.97 Å². The highest BCUT2D eigenvalue weighted by atomic mass is 14.9. The minimum Gasteiger partial charge on any atom is -0.233 e. The van der Waals surface area contributed by atoms with Gasteiger partial charge in [0.15, 0.2) is 5.82 Å². The van der Waals surface area contributed by atoms with Gasteiger partial charge in [0.05, 0.1) is 5.69 Å². The molecule has 2 nitrogen and oxygen atoms in total. The summed E-state index contributed by atoms with van der Waals surface area (Å²) in [5.41, 5.74) is 6.29. The first-order chi connectivity index (χ1) is 11.7. The SMILES string of the molecule is C=C/C(=C\C)c1ccc(-c2nc(C)cc(-c3ccccc3)n2)cc1. The summed E-state index contributed by atoms with van der Waals surface area (Å²) in [7, 11) is 0. The van der Waals surface area contributed by atoms with Crippen molar-refractivity contribution in [2.24, 2.45) is 0 Å². The van der Waals surface area contributed by atoms with E-state index in [9.17, 15) is 0 Å². The van der Waals surface area contributed by atoms with E-state index in [1.807, 2.05) is 44.2 Å². The van der Waals surface area contributed by atoms with Crippen LogP contribution in [0.1, 0.15) is 18.2 Å².